The Balaban J connectivity index is 1.86. The van der Waals surface area contributed by atoms with Crippen LogP contribution in [-0.2, 0) is 31.8 Å². The van der Waals surface area contributed by atoms with Gasteiger partial charge in [0, 0.05) is 19.4 Å². The number of nitriles is 1. The highest BCUT2D eigenvalue weighted by Gasteiger charge is 2.62. The molecule has 3 unspecified atom stereocenters. The minimum absolute atomic E-state index is 0.328. The lowest BCUT2D eigenvalue weighted by Gasteiger charge is -2.33. The molecule has 3 atom stereocenters. The fourth-order valence-corrected chi connectivity index (χ4v) is 3.69. The molecule has 0 saturated carbocycles. The molecule has 0 aromatic carbocycles. The van der Waals surface area contributed by atoms with Gasteiger partial charge in [0.15, 0.2) is 5.82 Å². The molecule has 11 heteroatoms. The van der Waals surface area contributed by atoms with Crippen molar-refractivity contribution in [1.82, 2.24) is 14.5 Å². The van der Waals surface area contributed by atoms with E-state index in [1.807, 2.05) is 0 Å². The number of esters is 1. The summed E-state index contributed by atoms with van der Waals surface area (Å²) in [6, 6.07) is 1.38. The van der Waals surface area contributed by atoms with Crippen LogP contribution in [0.25, 0.3) is 0 Å². The number of aromatic nitrogens is 2. The van der Waals surface area contributed by atoms with Crippen LogP contribution in [0.5, 0.6) is 0 Å². The standard InChI is InChI=1S/C18H17F3N4O4/c1-24-9-8-23-16(24)17(6-7-22,18(19,20)21)29-13(26)10-25-14(27)11-4-2-3-5-12(11)15(25)28/h2-3,8-9,11-12H,4-6,10H2,1H3. The second kappa shape index (κ2) is 7.35. The van der Waals surface area contributed by atoms with Crippen LogP contribution in [0, 0.1) is 23.2 Å². The number of ether oxygens (including phenoxy) is 1. The average molecular weight is 410 g/mol. The van der Waals surface area contributed by atoms with Crippen LogP contribution in [0.15, 0.2) is 24.5 Å². The molecule has 1 fully saturated rings. The van der Waals surface area contributed by atoms with Gasteiger partial charge in [-0.2, -0.15) is 18.4 Å². The number of nitrogens with zero attached hydrogens (tertiary/aromatic N) is 4. The largest absolute Gasteiger partial charge is 0.439 e. The van der Waals surface area contributed by atoms with E-state index in [-0.39, 0.29) is 0 Å². The van der Waals surface area contributed by atoms with Crippen LogP contribution in [0.4, 0.5) is 13.2 Å². The number of alkyl halides is 3. The van der Waals surface area contributed by atoms with Crippen molar-refractivity contribution in [3.05, 3.63) is 30.4 Å². The monoisotopic (exact) mass is 410 g/mol. The minimum atomic E-state index is -5.16. The van der Waals surface area contributed by atoms with Gasteiger partial charge < -0.3 is 9.30 Å². The number of carbonyl (C=O) groups is 3. The molecule has 154 valence electrons. The molecular formula is C18H17F3N4O4. The normalized spacial score (nSPS) is 23.5. The number of hydrogen-bond acceptors (Lipinski definition) is 6. The van der Waals surface area contributed by atoms with Gasteiger partial charge in [-0.25, -0.2) is 4.98 Å². The molecule has 1 aliphatic heterocycles. The van der Waals surface area contributed by atoms with Crippen LogP contribution in [-0.4, -0.2) is 45.0 Å². The van der Waals surface area contributed by atoms with Gasteiger partial charge in [-0.05, 0) is 12.8 Å². The molecule has 1 aromatic rings. The fraction of sp³-hybridized carbons (Fsp3) is 0.500. The predicted molar refractivity (Wildman–Crippen MR) is 89.3 cm³/mol. The molecular weight excluding hydrogens is 393 g/mol. The zero-order valence-corrected chi connectivity index (χ0v) is 15.3. The van der Waals surface area contributed by atoms with E-state index in [4.69, 9.17) is 10.00 Å². The molecule has 0 N–H and O–H groups in total. The molecule has 2 heterocycles. The van der Waals surface area contributed by atoms with Gasteiger partial charge in [0.1, 0.15) is 6.54 Å². The maximum Gasteiger partial charge on any atom is 0.436 e. The lowest BCUT2D eigenvalue weighted by atomic mass is 9.85. The summed E-state index contributed by atoms with van der Waals surface area (Å²) < 4.78 is 47.5. The van der Waals surface area contributed by atoms with Crippen molar-refractivity contribution in [2.45, 2.75) is 31.0 Å². The first-order chi connectivity index (χ1) is 13.6. The van der Waals surface area contributed by atoms with Crippen molar-refractivity contribution in [1.29, 1.82) is 5.26 Å². The van der Waals surface area contributed by atoms with Crippen LogP contribution in [0.2, 0.25) is 0 Å². The quantitative estimate of drug-likeness (QED) is 0.415. The first-order valence-corrected chi connectivity index (χ1v) is 8.76. The summed E-state index contributed by atoms with van der Waals surface area (Å²) in [5.41, 5.74) is -3.32. The highest BCUT2D eigenvalue weighted by Crippen LogP contribution is 2.44. The summed E-state index contributed by atoms with van der Waals surface area (Å²) >= 11 is 0. The van der Waals surface area contributed by atoms with Gasteiger partial charge in [-0.15, -0.1) is 0 Å². The molecule has 1 aliphatic carbocycles. The Hall–Kier alpha value is -3.16. The molecule has 2 aliphatic rings. The van der Waals surface area contributed by atoms with Crippen molar-refractivity contribution >= 4 is 17.8 Å². The SMILES string of the molecule is Cn1ccnc1C(CC#N)(OC(=O)CN1C(=O)C2CC=CCC2C1=O)C(F)(F)F. The highest BCUT2D eigenvalue weighted by atomic mass is 19.4. The molecule has 29 heavy (non-hydrogen) atoms. The van der Waals surface area contributed by atoms with Crippen LogP contribution < -0.4 is 0 Å². The van der Waals surface area contributed by atoms with E-state index < -0.39 is 60.2 Å². The fourth-order valence-electron chi connectivity index (χ4n) is 3.69. The Labute approximate surface area is 163 Å². The maximum atomic E-state index is 13.9. The third-order valence-electron chi connectivity index (χ3n) is 5.14. The average Bonchev–Trinajstić information content (AvgIpc) is 3.18. The van der Waals surface area contributed by atoms with Crippen molar-refractivity contribution in [3.63, 3.8) is 0 Å². The van der Waals surface area contributed by atoms with Gasteiger partial charge in [-0.3, -0.25) is 19.3 Å². The summed E-state index contributed by atoms with van der Waals surface area (Å²) in [4.78, 5) is 41.5. The molecule has 0 radical (unpaired) electrons. The molecule has 0 bridgehead atoms. The van der Waals surface area contributed by atoms with E-state index in [2.05, 4.69) is 4.98 Å². The third kappa shape index (κ3) is 3.39. The van der Waals surface area contributed by atoms with Crippen molar-refractivity contribution in [2.75, 3.05) is 6.54 Å². The molecule has 3 rings (SSSR count). The summed E-state index contributed by atoms with van der Waals surface area (Å²) in [5, 5.41) is 8.97. The van der Waals surface area contributed by atoms with E-state index in [1.54, 1.807) is 12.2 Å². The minimum Gasteiger partial charge on any atom is -0.439 e. The number of hydrogen-bond donors (Lipinski definition) is 0. The first kappa shape index (κ1) is 20.6. The Kier molecular flexibility index (Phi) is 5.21. The number of rotatable bonds is 5. The summed E-state index contributed by atoms with van der Waals surface area (Å²) in [6.07, 6.45) is 0.0503. The molecule has 8 nitrogen and oxygen atoms in total. The summed E-state index contributed by atoms with van der Waals surface area (Å²) in [5.74, 6) is -4.61. The number of amides is 2. The van der Waals surface area contributed by atoms with Gasteiger partial charge >= 0.3 is 12.1 Å². The lowest BCUT2D eigenvalue weighted by Crippen LogP contribution is -2.49. The number of fused-ring (bicyclic) bond motifs is 1. The Morgan fingerprint density at radius 2 is 1.86 bits per heavy atom. The zero-order valence-electron chi connectivity index (χ0n) is 15.3. The van der Waals surface area contributed by atoms with Gasteiger partial charge in [0.05, 0.1) is 24.3 Å². The van der Waals surface area contributed by atoms with E-state index in [0.717, 1.165) is 10.8 Å². The van der Waals surface area contributed by atoms with E-state index in [1.165, 1.54) is 19.3 Å². The van der Waals surface area contributed by atoms with Crippen LogP contribution in [0.3, 0.4) is 0 Å². The van der Waals surface area contributed by atoms with Crippen LogP contribution in [0.1, 0.15) is 25.1 Å². The highest BCUT2D eigenvalue weighted by molar-refractivity contribution is 6.07. The van der Waals surface area contributed by atoms with E-state index >= 15 is 0 Å². The second-order valence-electron chi connectivity index (χ2n) is 6.91. The van der Waals surface area contributed by atoms with E-state index in [9.17, 15) is 27.6 Å². The van der Waals surface area contributed by atoms with Gasteiger partial charge in [0.25, 0.3) is 5.60 Å². The smallest absolute Gasteiger partial charge is 0.436 e. The van der Waals surface area contributed by atoms with Gasteiger partial charge in [0.2, 0.25) is 11.8 Å². The maximum absolute atomic E-state index is 13.9. The Morgan fingerprint density at radius 1 is 1.28 bits per heavy atom. The summed E-state index contributed by atoms with van der Waals surface area (Å²) in [6.45, 7) is -0.960. The Morgan fingerprint density at radius 3 is 2.31 bits per heavy atom. The number of imidazole rings is 1. The number of carbonyl (C=O) groups excluding carboxylic acids is 3. The van der Waals surface area contributed by atoms with Gasteiger partial charge in [-0.1, -0.05) is 12.2 Å². The second-order valence-corrected chi connectivity index (χ2v) is 6.91. The topological polar surface area (TPSA) is 105 Å². The van der Waals surface area contributed by atoms with Crippen LogP contribution >= 0.6 is 0 Å². The third-order valence-corrected chi connectivity index (χ3v) is 5.14. The van der Waals surface area contributed by atoms with E-state index in [0.29, 0.717) is 17.7 Å². The van der Waals surface area contributed by atoms with Crippen molar-refractivity contribution in [3.8, 4) is 6.07 Å². The number of likely N-dealkylation sites (tertiary alicyclic amines) is 1. The first-order valence-electron chi connectivity index (χ1n) is 8.76. The zero-order chi connectivity index (χ0) is 21.4. The Bertz CT molecular complexity index is 891. The number of halogens is 3. The van der Waals surface area contributed by atoms with Crippen molar-refractivity contribution < 1.29 is 32.3 Å². The molecule has 1 saturated heterocycles. The molecule has 0 spiro atoms. The number of aryl methyl sites for hydroxylation is 1. The lowest BCUT2D eigenvalue weighted by molar-refractivity contribution is -0.278. The summed E-state index contributed by atoms with van der Waals surface area (Å²) in [7, 11) is 1.26. The molecule has 1 aromatic heterocycles. The van der Waals surface area contributed by atoms with Crippen molar-refractivity contribution in [2.24, 2.45) is 18.9 Å². The number of imide groups is 1. The predicted octanol–water partition coefficient (Wildman–Crippen LogP) is 1.59. The number of allylic oxidation sites excluding steroid dienone is 2. The molecule has 2 amide bonds.